The Balaban J connectivity index is 1.69. The molecule has 0 unspecified atom stereocenters. The summed E-state index contributed by atoms with van der Waals surface area (Å²) in [5.74, 6) is -1.03. The molecule has 0 radical (unpaired) electrons. The number of aromatic carboxylic acids is 1. The van der Waals surface area contributed by atoms with Gasteiger partial charge in [0.25, 0.3) is 0 Å². The average molecular weight is 474 g/mol. The average Bonchev–Trinajstić information content (AvgIpc) is 3.32. The summed E-state index contributed by atoms with van der Waals surface area (Å²) in [5, 5.41) is 9.78. The molecule has 0 saturated heterocycles. The Morgan fingerprint density at radius 3 is 2.46 bits per heavy atom. The van der Waals surface area contributed by atoms with Crippen LogP contribution < -0.4 is 10.5 Å². The maximum absolute atomic E-state index is 13.2. The maximum Gasteiger partial charge on any atom is 0.335 e. The predicted octanol–water partition coefficient (Wildman–Crippen LogP) is 5.92. The fourth-order valence-electron chi connectivity index (χ4n) is 4.55. The topological polar surface area (TPSA) is 89.6 Å². The van der Waals surface area contributed by atoms with Gasteiger partial charge in [-0.3, -0.25) is 4.79 Å². The first kappa shape index (κ1) is 24.2. The Labute approximate surface area is 204 Å². The molecule has 6 heteroatoms. The molecule has 1 amide bonds. The van der Waals surface area contributed by atoms with Crippen molar-refractivity contribution in [3.63, 3.8) is 0 Å². The number of rotatable bonds is 9. The van der Waals surface area contributed by atoms with Gasteiger partial charge in [0.15, 0.2) is 0 Å². The van der Waals surface area contributed by atoms with Crippen LogP contribution in [0, 0.1) is 12.7 Å². The SMILES string of the molecule is Cc1ccc(OCc2ccc(F)cc2)c(C2=C(c3ccc(CCC(N)=O)c(C(=O)O)c3)CCC2)c1. The molecule has 1 aliphatic carbocycles. The Morgan fingerprint density at radius 1 is 1.00 bits per heavy atom. The van der Waals surface area contributed by atoms with E-state index in [4.69, 9.17) is 10.5 Å². The van der Waals surface area contributed by atoms with Crippen LogP contribution in [0.4, 0.5) is 4.39 Å². The molecule has 0 saturated carbocycles. The normalized spacial score (nSPS) is 13.2. The molecule has 3 aromatic rings. The van der Waals surface area contributed by atoms with Crippen LogP contribution in [-0.2, 0) is 17.8 Å². The molecule has 180 valence electrons. The molecule has 0 heterocycles. The molecule has 1 aliphatic rings. The zero-order chi connectivity index (χ0) is 24.9. The molecular weight excluding hydrogens is 445 g/mol. The van der Waals surface area contributed by atoms with E-state index in [0.29, 0.717) is 18.6 Å². The van der Waals surface area contributed by atoms with Crippen molar-refractivity contribution >= 4 is 23.0 Å². The van der Waals surface area contributed by atoms with Crippen LogP contribution in [0.15, 0.2) is 60.7 Å². The number of amides is 1. The molecule has 3 N–H and O–H groups in total. The molecule has 0 fully saturated rings. The first-order chi connectivity index (χ1) is 16.8. The molecule has 0 spiro atoms. The Bertz CT molecular complexity index is 1290. The van der Waals surface area contributed by atoms with Crippen LogP contribution in [0.3, 0.4) is 0 Å². The van der Waals surface area contributed by atoms with Crippen LogP contribution in [0.2, 0.25) is 0 Å². The van der Waals surface area contributed by atoms with E-state index in [0.717, 1.165) is 58.4 Å². The number of carbonyl (C=O) groups excluding carboxylic acids is 1. The minimum Gasteiger partial charge on any atom is -0.488 e. The third-order valence-corrected chi connectivity index (χ3v) is 6.32. The van der Waals surface area contributed by atoms with Crippen LogP contribution in [0.5, 0.6) is 5.75 Å². The summed E-state index contributed by atoms with van der Waals surface area (Å²) in [7, 11) is 0. The van der Waals surface area contributed by atoms with E-state index < -0.39 is 11.9 Å². The number of nitrogens with two attached hydrogens (primary N) is 1. The lowest BCUT2D eigenvalue weighted by Crippen LogP contribution is -2.13. The van der Waals surface area contributed by atoms with Gasteiger partial charge in [-0.2, -0.15) is 0 Å². The number of carboxylic acids is 1. The summed E-state index contributed by atoms with van der Waals surface area (Å²) in [5.41, 5.74) is 12.1. The van der Waals surface area contributed by atoms with E-state index in [1.54, 1.807) is 24.3 Å². The van der Waals surface area contributed by atoms with Gasteiger partial charge >= 0.3 is 5.97 Å². The van der Waals surface area contributed by atoms with Gasteiger partial charge < -0.3 is 15.6 Å². The molecule has 0 atom stereocenters. The lowest BCUT2D eigenvalue weighted by Gasteiger charge is -2.16. The van der Waals surface area contributed by atoms with Gasteiger partial charge in [0.2, 0.25) is 5.91 Å². The van der Waals surface area contributed by atoms with Crippen molar-refractivity contribution in [3.05, 3.63) is 99.9 Å². The van der Waals surface area contributed by atoms with Gasteiger partial charge in [-0.25, -0.2) is 9.18 Å². The lowest BCUT2D eigenvalue weighted by atomic mass is 9.92. The number of allylic oxidation sites excluding steroid dienone is 2. The summed E-state index contributed by atoms with van der Waals surface area (Å²) >= 11 is 0. The second kappa shape index (κ2) is 10.6. The van der Waals surface area contributed by atoms with E-state index in [2.05, 4.69) is 6.07 Å². The van der Waals surface area contributed by atoms with E-state index in [-0.39, 0.29) is 17.8 Å². The van der Waals surface area contributed by atoms with Gasteiger partial charge in [0.1, 0.15) is 18.2 Å². The minimum atomic E-state index is -1.02. The van der Waals surface area contributed by atoms with Crippen molar-refractivity contribution < 1.29 is 23.8 Å². The quantitative estimate of drug-likeness (QED) is 0.403. The molecule has 0 aromatic heterocycles. The number of hydrogen-bond donors (Lipinski definition) is 2. The van der Waals surface area contributed by atoms with Crippen molar-refractivity contribution in [2.24, 2.45) is 5.73 Å². The summed E-state index contributed by atoms with van der Waals surface area (Å²) in [6.07, 6.45) is 3.05. The van der Waals surface area contributed by atoms with Gasteiger partial charge in [0.05, 0.1) is 5.56 Å². The van der Waals surface area contributed by atoms with Gasteiger partial charge in [-0.05, 0) is 90.8 Å². The smallest absolute Gasteiger partial charge is 0.335 e. The number of ether oxygens (including phenoxy) is 1. The van der Waals surface area contributed by atoms with Crippen molar-refractivity contribution in [3.8, 4) is 5.75 Å². The third-order valence-electron chi connectivity index (χ3n) is 6.32. The molecule has 5 nitrogen and oxygen atoms in total. The van der Waals surface area contributed by atoms with E-state index in [1.165, 1.54) is 12.1 Å². The molecule has 0 aliphatic heterocycles. The lowest BCUT2D eigenvalue weighted by molar-refractivity contribution is -0.118. The number of aryl methyl sites for hydroxylation is 2. The highest BCUT2D eigenvalue weighted by Gasteiger charge is 2.22. The largest absolute Gasteiger partial charge is 0.488 e. The molecular formula is C29H28FNO4. The number of carbonyl (C=O) groups is 2. The van der Waals surface area contributed by atoms with Crippen molar-refractivity contribution in [1.82, 2.24) is 0 Å². The zero-order valence-corrected chi connectivity index (χ0v) is 19.6. The van der Waals surface area contributed by atoms with Crippen LogP contribution in [-0.4, -0.2) is 17.0 Å². The Kier molecular flexibility index (Phi) is 7.30. The highest BCUT2D eigenvalue weighted by molar-refractivity contribution is 5.97. The highest BCUT2D eigenvalue weighted by Crippen LogP contribution is 2.43. The fraction of sp³-hybridized carbons (Fsp3) is 0.241. The highest BCUT2D eigenvalue weighted by atomic mass is 19.1. The van der Waals surface area contributed by atoms with Crippen LogP contribution in [0.1, 0.15) is 63.9 Å². The predicted molar refractivity (Wildman–Crippen MR) is 133 cm³/mol. The van der Waals surface area contributed by atoms with E-state index in [9.17, 15) is 19.1 Å². The molecule has 35 heavy (non-hydrogen) atoms. The number of halogens is 1. The fourth-order valence-corrected chi connectivity index (χ4v) is 4.55. The maximum atomic E-state index is 13.2. The standard InChI is InChI=1S/C29H28FNO4/c1-18-5-13-27(35-17-19-6-11-22(30)12-7-19)26(15-18)24-4-2-3-23(24)21-9-8-20(10-14-28(31)32)25(16-21)29(33)34/h5-9,11-13,15-16H,2-4,10,14,17H2,1H3,(H2,31,32)(H,33,34). The summed E-state index contributed by atoms with van der Waals surface area (Å²) in [4.78, 5) is 23.1. The Morgan fingerprint density at radius 2 is 1.74 bits per heavy atom. The number of benzene rings is 3. The summed E-state index contributed by atoms with van der Waals surface area (Å²) in [6, 6.07) is 17.7. The number of hydrogen-bond acceptors (Lipinski definition) is 3. The Hall–Kier alpha value is -3.93. The molecule has 3 aromatic carbocycles. The van der Waals surface area contributed by atoms with Gasteiger partial charge in [0, 0.05) is 12.0 Å². The monoisotopic (exact) mass is 473 g/mol. The summed E-state index contributed by atoms with van der Waals surface area (Å²) < 4.78 is 19.4. The van der Waals surface area contributed by atoms with E-state index in [1.807, 2.05) is 25.1 Å². The summed E-state index contributed by atoms with van der Waals surface area (Å²) in [6.45, 7) is 2.34. The first-order valence-corrected chi connectivity index (χ1v) is 11.7. The van der Waals surface area contributed by atoms with Crippen molar-refractivity contribution in [2.45, 2.75) is 45.6 Å². The zero-order valence-electron chi connectivity index (χ0n) is 19.6. The van der Waals surface area contributed by atoms with Crippen LogP contribution in [0.25, 0.3) is 11.1 Å². The first-order valence-electron chi connectivity index (χ1n) is 11.7. The van der Waals surface area contributed by atoms with Crippen molar-refractivity contribution in [1.29, 1.82) is 0 Å². The van der Waals surface area contributed by atoms with Crippen molar-refractivity contribution in [2.75, 3.05) is 0 Å². The van der Waals surface area contributed by atoms with Gasteiger partial charge in [-0.1, -0.05) is 35.9 Å². The van der Waals surface area contributed by atoms with Crippen LogP contribution >= 0.6 is 0 Å². The number of primary amides is 1. The van der Waals surface area contributed by atoms with Gasteiger partial charge in [-0.15, -0.1) is 0 Å². The van der Waals surface area contributed by atoms with E-state index >= 15 is 0 Å². The minimum absolute atomic E-state index is 0.103. The third kappa shape index (κ3) is 5.77. The number of carboxylic acid groups (broad SMARTS) is 1. The molecule has 0 bridgehead atoms. The second-order valence-corrected chi connectivity index (χ2v) is 8.87. The molecule has 4 rings (SSSR count). The second-order valence-electron chi connectivity index (χ2n) is 8.87.